The van der Waals surface area contributed by atoms with Gasteiger partial charge in [-0.1, -0.05) is 6.07 Å². The van der Waals surface area contributed by atoms with Gasteiger partial charge in [-0.25, -0.2) is 0 Å². The van der Waals surface area contributed by atoms with Gasteiger partial charge in [0.1, 0.15) is 0 Å². The Morgan fingerprint density at radius 3 is 1.56 bits per heavy atom. The summed E-state index contributed by atoms with van der Waals surface area (Å²) in [6.45, 7) is 13.3. The molecule has 0 saturated heterocycles. The second-order valence-corrected chi connectivity index (χ2v) is 6.42. The summed E-state index contributed by atoms with van der Waals surface area (Å²) >= 11 is 0. The Labute approximate surface area is 111 Å². The van der Waals surface area contributed by atoms with E-state index in [4.69, 9.17) is 9.47 Å². The van der Waals surface area contributed by atoms with Crippen molar-refractivity contribution in [2.24, 2.45) is 0 Å². The fraction of sp³-hybridized carbons (Fsp3) is 0.667. The molecule has 1 heterocycles. The molecule has 0 radical (unpaired) electrons. The van der Waals surface area contributed by atoms with Crippen molar-refractivity contribution in [3.63, 3.8) is 0 Å². The van der Waals surface area contributed by atoms with Gasteiger partial charge in [0.05, 0.1) is 35.8 Å². The molecule has 0 N–H and O–H groups in total. The monoisotopic (exact) mass is 251 g/mol. The van der Waals surface area contributed by atoms with Crippen molar-refractivity contribution in [1.82, 2.24) is 4.98 Å². The van der Waals surface area contributed by atoms with Gasteiger partial charge in [-0.05, 0) is 53.7 Å². The average Bonchev–Trinajstić information content (AvgIpc) is 2.22. The molecule has 0 atom stereocenters. The van der Waals surface area contributed by atoms with E-state index in [0.29, 0.717) is 13.2 Å². The molecule has 0 aliphatic carbocycles. The highest BCUT2D eigenvalue weighted by Gasteiger charge is 2.12. The van der Waals surface area contributed by atoms with Crippen molar-refractivity contribution in [1.29, 1.82) is 0 Å². The predicted molar refractivity (Wildman–Crippen MR) is 73.3 cm³/mol. The van der Waals surface area contributed by atoms with Gasteiger partial charge in [0, 0.05) is 0 Å². The number of nitrogens with zero attached hydrogens (tertiary/aromatic N) is 1. The lowest BCUT2D eigenvalue weighted by Crippen LogP contribution is -2.20. The van der Waals surface area contributed by atoms with E-state index in [1.807, 2.05) is 59.7 Å². The second-order valence-electron chi connectivity index (χ2n) is 6.42. The molecule has 102 valence electrons. The molecule has 1 rings (SSSR count). The Balaban J connectivity index is 2.57. The molecule has 0 fully saturated rings. The Hall–Kier alpha value is -0.930. The Bertz CT molecular complexity index is 342. The van der Waals surface area contributed by atoms with Crippen molar-refractivity contribution < 1.29 is 9.47 Å². The number of rotatable bonds is 4. The third-order valence-corrected chi connectivity index (χ3v) is 2.17. The largest absolute Gasteiger partial charge is 0.370 e. The Morgan fingerprint density at radius 1 is 0.833 bits per heavy atom. The first-order chi connectivity index (χ1) is 8.16. The van der Waals surface area contributed by atoms with Gasteiger partial charge in [-0.2, -0.15) is 0 Å². The van der Waals surface area contributed by atoms with Crippen molar-refractivity contribution in [2.75, 3.05) is 0 Å². The van der Waals surface area contributed by atoms with Crippen molar-refractivity contribution >= 4 is 0 Å². The molecule has 0 spiro atoms. The molecule has 0 amide bonds. The van der Waals surface area contributed by atoms with Crippen LogP contribution in [0.15, 0.2) is 18.2 Å². The highest BCUT2D eigenvalue weighted by atomic mass is 16.5. The Kier molecular flexibility index (Phi) is 4.88. The van der Waals surface area contributed by atoms with E-state index < -0.39 is 0 Å². The van der Waals surface area contributed by atoms with Gasteiger partial charge in [0.2, 0.25) is 0 Å². The third kappa shape index (κ3) is 6.72. The normalized spacial score (nSPS) is 12.8. The van der Waals surface area contributed by atoms with Gasteiger partial charge < -0.3 is 9.47 Å². The number of pyridine rings is 1. The first-order valence-corrected chi connectivity index (χ1v) is 6.38. The van der Waals surface area contributed by atoms with Crippen LogP contribution in [0.1, 0.15) is 52.9 Å². The van der Waals surface area contributed by atoms with E-state index in [0.717, 1.165) is 11.4 Å². The van der Waals surface area contributed by atoms with E-state index >= 15 is 0 Å². The maximum atomic E-state index is 5.71. The molecule has 3 heteroatoms. The van der Waals surface area contributed by atoms with Crippen LogP contribution in [0.5, 0.6) is 0 Å². The van der Waals surface area contributed by atoms with E-state index in [1.54, 1.807) is 0 Å². The zero-order chi connectivity index (χ0) is 13.8. The number of hydrogen-bond donors (Lipinski definition) is 0. The van der Waals surface area contributed by atoms with Gasteiger partial charge >= 0.3 is 0 Å². The predicted octanol–water partition coefficient (Wildman–Crippen LogP) is 3.71. The van der Waals surface area contributed by atoms with Crippen molar-refractivity contribution in [2.45, 2.75) is 66.0 Å². The smallest absolute Gasteiger partial charge is 0.0895 e. The van der Waals surface area contributed by atoms with E-state index in [9.17, 15) is 0 Å². The molecule has 0 aliphatic heterocycles. The molecule has 0 saturated carbocycles. The topological polar surface area (TPSA) is 31.4 Å². The van der Waals surface area contributed by atoms with Gasteiger partial charge in [0.15, 0.2) is 0 Å². The summed E-state index contributed by atoms with van der Waals surface area (Å²) in [4.78, 5) is 4.53. The molecule has 3 nitrogen and oxygen atoms in total. The molecular weight excluding hydrogens is 226 g/mol. The number of hydrogen-bond acceptors (Lipinski definition) is 3. The van der Waals surface area contributed by atoms with Crippen LogP contribution in [0.4, 0.5) is 0 Å². The van der Waals surface area contributed by atoms with Crippen LogP contribution in [0.2, 0.25) is 0 Å². The van der Waals surface area contributed by atoms with Crippen LogP contribution in [0.3, 0.4) is 0 Å². The molecule has 1 aromatic heterocycles. The molecule has 1 aromatic rings. The average molecular weight is 251 g/mol. The van der Waals surface area contributed by atoms with Crippen LogP contribution in [0.25, 0.3) is 0 Å². The first-order valence-electron chi connectivity index (χ1n) is 6.38. The molecule has 18 heavy (non-hydrogen) atoms. The summed E-state index contributed by atoms with van der Waals surface area (Å²) in [5, 5.41) is 0. The number of ether oxygens (including phenoxy) is 2. The summed E-state index contributed by atoms with van der Waals surface area (Å²) in [6, 6.07) is 5.95. The minimum atomic E-state index is -0.139. The lowest BCUT2D eigenvalue weighted by atomic mass is 10.2. The molecule has 0 aromatic carbocycles. The van der Waals surface area contributed by atoms with Crippen LogP contribution in [-0.2, 0) is 22.7 Å². The summed E-state index contributed by atoms with van der Waals surface area (Å²) < 4.78 is 11.4. The lowest BCUT2D eigenvalue weighted by molar-refractivity contribution is -0.0202. The molecule has 0 aliphatic rings. The van der Waals surface area contributed by atoms with Crippen LogP contribution < -0.4 is 0 Å². The summed E-state index contributed by atoms with van der Waals surface area (Å²) in [7, 11) is 0. The molecular formula is C15H25NO2. The van der Waals surface area contributed by atoms with Gasteiger partial charge in [-0.15, -0.1) is 0 Å². The summed E-state index contributed by atoms with van der Waals surface area (Å²) in [5.74, 6) is 0. The number of aromatic nitrogens is 1. The summed E-state index contributed by atoms with van der Waals surface area (Å²) in [5.41, 5.74) is 1.61. The van der Waals surface area contributed by atoms with Crippen LogP contribution in [0, 0.1) is 0 Å². The zero-order valence-electron chi connectivity index (χ0n) is 12.4. The summed E-state index contributed by atoms with van der Waals surface area (Å²) in [6.07, 6.45) is 0. The maximum Gasteiger partial charge on any atom is 0.0895 e. The molecule has 0 bridgehead atoms. The van der Waals surface area contributed by atoms with Crippen molar-refractivity contribution in [3.05, 3.63) is 29.6 Å². The fourth-order valence-corrected chi connectivity index (χ4v) is 1.27. The fourth-order valence-electron chi connectivity index (χ4n) is 1.27. The van der Waals surface area contributed by atoms with Gasteiger partial charge in [-0.3, -0.25) is 4.98 Å². The Morgan fingerprint density at radius 2 is 1.22 bits per heavy atom. The minimum Gasteiger partial charge on any atom is -0.370 e. The van der Waals surface area contributed by atoms with Crippen molar-refractivity contribution in [3.8, 4) is 0 Å². The van der Waals surface area contributed by atoms with E-state index in [-0.39, 0.29) is 11.2 Å². The third-order valence-electron chi connectivity index (χ3n) is 2.17. The highest BCUT2D eigenvalue weighted by Crippen LogP contribution is 2.13. The van der Waals surface area contributed by atoms with E-state index in [2.05, 4.69) is 4.98 Å². The standard InChI is InChI=1S/C15H25NO2/c1-14(2,3)17-10-12-8-7-9-13(16-12)11-18-15(4,5)6/h7-9H,10-11H2,1-6H3. The highest BCUT2D eigenvalue weighted by molar-refractivity contribution is 5.10. The van der Waals surface area contributed by atoms with Gasteiger partial charge in [0.25, 0.3) is 0 Å². The lowest BCUT2D eigenvalue weighted by Gasteiger charge is -2.20. The van der Waals surface area contributed by atoms with Crippen LogP contribution >= 0.6 is 0 Å². The zero-order valence-corrected chi connectivity index (χ0v) is 12.4. The second kappa shape index (κ2) is 5.81. The quantitative estimate of drug-likeness (QED) is 0.817. The SMILES string of the molecule is CC(C)(C)OCc1cccc(COC(C)(C)C)n1. The van der Waals surface area contributed by atoms with E-state index in [1.165, 1.54) is 0 Å². The maximum absolute atomic E-state index is 5.71. The molecule has 0 unspecified atom stereocenters. The minimum absolute atomic E-state index is 0.139. The van der Waals surface area contributed by atoms with Crippen LogP contribution in [-0.4, -0.2) is 16.2 Å². The first kappa shape index (κ1) is 15.1.